The van der Waals surface area contributed by atoms with Crippen molar-refractivity contribution in [1.82, 2.24) is 5.32 Å². The van der Waals surface area contributed by atoms with Crippen LogP contribution in [0, 0.1) is 5.82 Å². The average Bonchev–Trinajstić information content (AvgIpc) is 2.98. The second kappa shape index (κ2) is 4.94. The van der Waals surface area contributed by atoms with Gasteiger partial charge in [0.25, 0.3) is 0 Å². The molecule has 1 fully saturated rings. The molecule has 4 rings (SSSR count). The fourth-order valence-corrected chi connectivity index (χ4v) is 3.97. The van der Waals surface area contributed by atoms with Gasteiger partial charge in [0.1, 0.15) is 11.5 Å². The van der Waals surface area contributed by atoms with Gasteiger partial charge in [-0.2, -0.15) is 0 Å². The number of nitrogens with zero attached hydrogens (tertiary/aromatic N) is 1. The monoisotopic (exact) mass is 322 g/mol. The van der Waals surface area contributed by atoms with Gasteiger partial charge in [-0.15, -0.1) is 0 Å². The van der Waals surface area contributed by atoms with Gasteiger partial charge in [0.15, 0.2) is 0 Å². The van der Waals surface area contributed by atoms with Crippen molar-refractivity contribution in [2.24, 2.45) is 0 Å². The van der Waals surface area contributed by atoms with Crippen molar-refractivity contribution in [2.45, 2.75) is 24.9 Å². The average molecular weight is 322 g/mol. The predicted molar refractivity (Wildman–Crippen MR) is 93.1 cm³/mol. The Hall–Kier alpha value is -2.62. The van der Waals surface area contributed by atoms with Crippen LogP contribution in [0.5, 0.6) is 0 Å². The molecule has 122 valence electrons. The third-order valence-corrected chi connectivity index (χ3v) is 5.24. The summed E-state index contributed by atoms with van der Waals surface area (Å²) < 4.78 is 13.4. The van der Waals surface area contributed by atoms with Crippen molar-refractivity contribution in [3.63, 3.8) is 0 Å². The Bertz CT molecular complexity index is 858. The molecular formula is C20H19FN2O. The normalized spacial score (nSPS) is 24.1. The molecule has 2 aliphatic rings. The van der Waals surface area contributed by atoms with Gasteiger partial charge in [-0.3, -0.25) is 4.79 Å². The topological polar surface area (TPSA) is 32.3 Å². The van der Waals surface area contributed by atoms with Crippen molar-refractivity contribution in [3.05, 3.63) is 71.6 Å². The van der Waals surface area contributed by atoms with E-state index in [0.717, 1.165) is 11.3 Å². The van der Waals surface area contributed by atoms with Gasteiger partial charge in [-0.1, -0.05) is 50.3 Å². The zero-order chi connectivity index (χ0) is 16.9. The largest absolute Gasteiger partial charge is 0.335 e. The number of benzene rings is 2. The van der Waals surface area contributed by atoms with Gasteiger partial charge in [-0.05, 0) is 35.4 Å². The number of anilines is 1. The van der Waals surface area contributed by atoms with Crippen LogP contribution < -0.4 is 10.2 Å². The van der Waals surface area contributed by atoms with Crippen LogP contribution >= 0.6 is 0 Å². The number of fused-ring (bicyclic) bond motifs is 3. The first-order chi connectivity index (χ1) is 11.4. The molecule has 0 bridgehead atoms. The summed E-state index contributed by atoms with van der Waals surface area (Å²) in [6.45, 7) is 4.59. The maximum absolute atomic E-state index is 13.4. The highest BCUT2D eigenvalue weighted by Crippen LogP contribution is 2.52. The van der Waals surface area contributed by atoms with Crippen molar-refractivity contribution in [1.29, 1.82) is 0 Å². The van der Waals surface area contributed by atoms with Crippen LogP contribution in [0.2, 0.25) is 0 Å². The quantitative estimate of drug-likeness (QED) is 0.918. The lowest BCUT2D eigenvalue weighted by molar-refractivity contribution is -0.118. The van der Waals surface area contributed by atoms with Crippen molar-refractivity contribution < 1.29 is 9.18 Å². The molecule has 1 amide bonds. The number of hydrogen-bond acceptors (Lipinski definition) is 2. The van der Waals surface area contributed by atoms with E-state index in [1.165, 1.54) is 17.7 Å². The van der Waals surface area contributed by atoms with E-state index in [1.807, 2.05) is 30.4 Å². The van der Waals surface area contributed by atoms with Gasteiger partial charge >= 0.3 is 0 Å². The Balaban J connectivity index is 1.84. The highest BCUT2D eigenvalue weighted by atomic mass is 19.1. The Kier molecular flexibility index (Phi) is 3.07. The molecule has 1 N–H and O–H groups in total. The summed E-state index contributed by atoms with van der Waals surface area (Å²) in [6, 6.07) is 14.6. The molecule has 0 saturated carbocycles. The lowest BCUT2D eigenvalue weighted by Crippen LogP contribution is -2.58. The first-order valence-corrected chi connectivity index (χ1v) is 8.07. The number of para-hydroxylation sites is 1. The summed E-state index contributed by atoms with van der Waals surface area (Å²) in [7, 11) is 0. The Morgan fingerprint density at radius 3 is 2.75 bits per heavy atom. The van der Waals surface area contributed by atoms with Crippen LogP contribution in [-0.4, -0.2) is 18.1 Å². The molecule has 0 unspecified atom stereocenters. The van der Waals surface area contributed by atoms with Crippen LogP contribution in [0.15, 0.2) is 54.6 Å². The second-order valence-corrected chi connectivity index (χ2v) is 6.93. The molecule has 3 nitrogen and oxygen atoms in total. The molecule has 2 heterocycles. The number of amides is 1. The molecule has 24 heavy (non-hydrogen) atoms. The Morgan fingerprint density at radius 2 is 1.96 bits per heavy atom. The summed E-state index contributed by atoms with van der Waals surface area (Å²) in [5, 5.41) is 3.16. The summed E-state index contributed by atoms with van der Waals surface area (Å²) in [5.41, 5.74) is 2.11. The van der Waals surface area contributed by atoms with Gasteiger partial charge < -0.3 is 10.2 Å². The maximum atomic E-state index is 13.4. The molecule has 1 atom stereocenters. The molecule has 2 aromatic carbocycles. The van der Waals surface area contributed by atoms with Gasteiger partial charge in [0.2, 0.25) is 5.91 Å². The van der Waals surface area contributed by atoms with Crippen molar-refractivity contribution in [2.75, 3.05) is 11.4 Å². The summed E-state index contributed by atoms with van der Waals surface area (Å²) in [4.78, 5) is 14.3. The highest BCUT2D eigenvalue weighted by molar-refractivity contribution is 5.91. The number of hydrogen-bond donors (Lipinski definition) is 1. The number of rotatable bonds is 2. The Labute approximate surface area is 140 Å². The van der Waals surface area contributed by atoms with E-state index in [-0.39, 0.29) is 17.1 Å². The van der Waals surface area contributed by atoms with E-state index in [0.29, 0.717) is 6.54 Å². The van der Waals surface area contributed by atoms with Gasteiger partial charge in [-0.25, -0.2) is 4.39 Å². The van der Waals surface area contributed by atoms with E-state index in [2.05, 4.69) is 36.2 Å². The number of carbonyl (C=O) groups excluding carboxylic acids is 1. The minimum absolute atomic E-state index is 0.00136. The molecule has 0 spiro atoms. The van der Waals surface area contributed by atoms with E-state index < -0.39 is 5.66 Å². The Morgan fingerprint density at radius 1 is 1.17 bits per heavy atom. The van der Waals surface area contributed by atoms with Crippen LogP contribution in [-0.2, 0) is 10.2 Å². The van der Waals surface area contributed by atoms with Crippen molar-refractivity contribution >= 4 is 17.7 Å². The molecule has 0 radical (unpaired) electrons. The molecule has 0 aromatic heterocycles. The summed E-state index contributed by atoms with van der Waals surface area (Å²) in [5.74, 6) is -0.266. The fourth-order valence-electron chi connectivity index (χ4n) is 3.97. The van der Waals surface area contributed by atoms with E-state index in [4.69, 9.17) is 0 Å². The lowest BCUT2D eigenvalue weighted by atomic mass is 9.75. The highest BCUT2D eigenvalue weighted by Gasteiger charge is 2.59. The van der Waals surface area contributed by atoms with Crippen LogP contribution in [0.3, 0.4) is 0 Å². The second-order valence-electron chi connectivity index (χ2n) is 6.93. The number of nitrogens with one attached hydrogen (secondary N) is 1. The van der Waals surface area contributed by atoms with Crippen LogP contribution in [0.25, 0.3) is 6.08 Å². The van der Waals surface area contributed by atoms with Crippen molar-refractivity contribution in [3.8, 4) is 0 Å². The van der Waals surface area contributed by atoms with Gasteiger partial charge in [0, 0.05) is 11.1 Å². The zero-order valence-corrected chi connectivity index (χ0v) is 13.7. The standard InChI is InChI=1S/C20H19FN2O/c1-19(2)16-8-3-4-9-17(16)23-13-18(24)22-20(19,23)11-10-14-6-5-7-15(21)12-14/h3-12H,13H2,1-2H3,(H,22,24)/b11-10+/t20-/m1/s1. The molecule has 4 heteroatoms. The molecule has 0 aliphatic carbocycles. The summed E-state index contributed by atoms with van der Waals surface area (Å²) >= 11 is 0. The summed E-state index contributed by atoms with van der Waals surface area (Å²) in [6.07, 6.45) is 3.88. The SMILES string of the molecule is CC1(C)c2ccccc2N2CC(=O)N[C@]21/C=C/c1cccc(F)c1. The smallest absolute Gasteiger partial charge is 0.241 e. The molecule has 2 aromatic rings. The van der Waals surface area contributed by atoms with Crippen LogP contribution in [0.4, 0.5) is 10.1 Å². The van der Waals surface area contributed by atoms with E-state index >= 15 is 0 Å². The maximum Gasteiger partial charge on any atom is 0.241 e. The number of carbonyl (C=O) groups is 1. The first kappa shape index (κ1) is 14.9. The minimum atomic E-state index is -0.639. The minimum Gasteiger partial charge on any atom is -0.335 e. The van der Waals surface area contributed by atoms with E-state index in [1.54, 1.807) is 6.07 Å². The molecular weight excluding hydrogens is 303 g/mol. The fraction of sp³-hybridized carbons (Fsp3) is 0.250. The lowest BCUT2D eigenvalue weighted by Gasteiger charge is -2.40. The predicted octanol–water partition coefficient (Wildman–Crippen LogP) is 3.46. The number of halogens is 1. The van der Waals surface area contributed by atoms with Crippen LogP contribution in [0.1, 0.15) is 25.0 Å². The molecule has 2 aliphatic heterocycles. The third kappa shape index (κ3) is 1.92. The third-order valence-electron chi connectivity index (χ3n) is 5.24. The first-order valence-electron chi connectivity index (χ1n) is 8.07. The molecule has 1 saturated heterocycles. The van der Waals surface area contributed by atoms with Gasteiger partial charge in [0.05, 0.1) is 6.54 Å². The van der Waals surface area contributed by atoms with E-state index in [9.17, 15) is 9.18 Å². The zero-order valence-electron chi connectivity index (χ0n) is 13.7.